The van der Waals surface area contributed by atoms with E-state index < -0.39 is 0 Å². The molecule has 3 rings (SSSR count). The number of para-hydroxylation sites is 1. The van der Waals surface area contributed by atoms with E-state index in [2.05, 4.69) is 5.43 Å². The molecule has 3 nitrogen and oxygen atoms in total. The molecule has 3 N–H and O–H groups in total. The Morgan fingerprint density at radius 1 is 1.19 bits per heavy atom. The molecule has 1 heterocycles. The van der Waals surface area contributed by atoms with Gasteiger partial charge in [-0.05, 0) is 36.2 Å². The van der Waals surface area contributed by atoms with Gasteiger partial charge in [-0.15, -0.1) is 0 Å². The van der Waals surface area contributed by atoms with E-state index >= 15 is 0 Å². The van der Waals surface area contributed by atoms with Gasteiger partial charge >= 0.3 is 0 Å². The van der Waals surface area contributed by atoms with Crippen LogP contribution >= 0.6 is 11.6 Å². The average Bonchev–Trinajstić information content (AvgIpc) is 2.90. The Hall–Kier alpha value is -1.88. The summed E-state index contributed by atoms with van der Waals surface area (Å²) < 4.78 is 19.3. The summed E-state index contributed by atoms with van der Waals surface area (Å²) in [7, 11) is 0. The van der Waals surface area contributed by atoms with Crippen molar-refractivity contribution in [3.63, 3.8) is 0 Å². The molecule has 0 saturated carbocycles. The lowest BCUT2D eigenvalue weighted by molar-refractivity contribution is 0.427. The van der Waals surface area contributed by atoms with Gasteiger partial charge in [0.1, 0.15) is 5.76 Å². The van der Waals surface area contributed by atoms with Gasteiger partial charge in [0.2, 0.25) is 0 Å². The minimum absolute atomic E-state index is 0.249. The van der Waals surface area contributed by atoms with Crippen molar-refractivity contribution in [2.24, 2.45) is 5.84 Å². The fourth-order valence-corrected chi connectivity index (χ4v) is 2.57. The van der Waals surface area contributed by atoms with Gasteiger partial charge in [-0.3, -0.25) is 5.84 Å². The summed E-state index contributed by atoms with van der Waals surface area (Å²) in [5.74, 6) is 5.83. The third-order valence-corrected chi connectivity index (χ3v) is 3.62. The number of rotatable bonds is 4. The zero-order chi connectivity index (χ0) is 14.8. The maximum absolute atomic E-state index is 13.7. The second-order valence-corrected chi connectivity index (χ2v) is 5.30. The van der Waals surface area contributed by atoms with Crippen LogP contribution < -0.4 is 11.3 Å². The quantitative estimate of drug-likeness (QED) is 0.566. The van der Waals surface area contributed by atoms with Gasteiger partial charge in [-0.2, -0.15) is 0 Å². The van der Waals surface area contributed by atoms with Crippen LogP contribution in [0.4, 0.5) is 4.39 Å². The van der Waals surface area contributed by atoms with Crippen molar-refractivity contribution in [1.82, 2.24) is 5.43 Å². The SMILES string of the molecule is NNC(Cc1cccc(Cl)c1)c1cc2cccc(F)c2o1. The lowest BCUT2D eigenvalue weighted by Crippen LogP contribution is -2.29. The highest BCUT2D eigenvalue weighted by molar-refractivity contribution is 6.30. The van der Waals surface area contributed by atoms with E-state index in [0.29, 0.717) is 17.2 Å². The molecule has 0 radical (unpaired) electrons. The van der Waals surface area contributed by atoms with Gasteiger partial charge in [0.05, 0.1) is 6.04 Å². The van der Waals surface area contributed by atoms with E-state index in [0.717, 1.165) is 10.9 Å². The number of nitrogens with one attached hydrogen (secondary N) is 1. The number of furan rings is 1. The number of hydrogen-bond donors (Lipinski definition) is 2. The topological polar surface area (TPSA) is 51.2 Å². The molecule has 0 aliphatic carbocycles. The monoisotopic (exact) mass is 304 g/mol. The Balaban J connectivity index is 1.93. The Labute approximate surface area is 126 Å². The van der Waals surface area contributed by atoms with Crippen molar-refractivity contribution in [1.29, 1.82) is 0 Å². The maximum Gasteiger partial charge on any atom is 0.169 e. The fraction of sp³-hybridized carbons (Fsp3) is 0.125. The van der Waals surface area contributed by atoms with E-state index in [9.17, 15) is 4.39 Å². The van der Waals surface area contributed by atoms with Crippen molar-refractivity contribution >= 4 is 22.6 Å². The van der Waals surface area contributed by atoms with Crippen molar-refractivity contribution in [2.75, 3.05) is 0 Å². The van der Waals surface area contributed by atoms with Gasteiger partial charge in [0, 0.05) is 10.4 Å². The highest BCUT2D eigenvalue weighted by Crippen LogP contribution is 2.27. The molecule has 108 valence electrons. The van der Waals surface area contributed by atoms with Gasteiger partial charge in [-0.25, -0.2) is 9.82 Å². The van der Waals surface area contributed by atoms with Crippen LogP contribution in [0.15, 0.2) is 52.9 Å². The van der Waals surface area contributed by atoms with Crippen molar-refractivity contribution in [3.05, 3.63) is 70.7 Å². The molecule has 1 aromatic heterocycles. The van der Waals surface area contributed by atoms with Gasteiger partial charge in [0.15, 0.2) is 11.4 Å². The van der Waals surface area contributed by atoms with Crippen LogP contribution in [0.3, 0.4) is 0 Å². The van der Waals surface area contributed by atoms with Gasteiger partial charge in [-0.1, -0.05) is 35.9 Å². The number of benzene rings is 2. The molecule has 0 amide bonds. The average molecular weight is 305 g/mol. The van der Waals surface area contributed by atoms with Crippen molar-refractivity contribution in [2.45, 2.75) is 12.5 Å². The van der Waals surface area contributed by atoms with Crippen LogP contribution in [0.25, 0.3) is 11.0 Å². The molecular formula is C16H14ClFN2O. The molecule has 0 aliphatic heterocycles. The largest absolute Gasteiger partial charge is 0.456 e. The van der Waals surface area contributed by atoms with Crippen LogP contribution in [0.5, 0.6) is 0 Å². The summed E-state index contributed by atoms with van der Waals surface area (Å²) in [6.07, 6.45) is 0.596. The molecule has 1 atom stereocenters. The minimum atomic E-state index is -0.378. The number of hydrogen-bond acceptors (Lipinski definition) is 3. The zero-order valence-electron chi connectivity index (χ0n) is 11.1. The van der Waals surface area contributed by atoms with Crippen LogP contribution in [0.2, 0.25) is 5.02 Å². The summed E-state index contributed by atoms with van der Waals surface area (Å²) in [5, 5.41) is 1.38. The summed E-state index contributed by atoms with van der Waals surface area (Å²) in [4.78, 5) is 0. The fourth-order valence-electron chi connectivity index (χ4n) is 2.36. The smallest absolute Gasteiger partial charge is 0.169 e. The molecule has 0 bridgehead atoms. The van der Waals surface area contributed by atoms with Crippen molar-refractivity contribution < 1.29 is 8.81 Å². The predicted molar refractivity (Wildman–Crippen MR) is 81.4 cm³/mol. The highest BCUT2D eigenvalue weighted by Gasteiger charge is 2.17. The molecule has 3 aromatic rings. The molecule has 0 fully saturated rings. The lowest BCUT2D eigenvalue weighted by Gasteiger charge is -2.13. The van der Waals surface area contributed by atoms with E-state index in [-0.39, 0.29) is 17.4 Å². The molecule has 0 aliphatic rings. The minimum Gasteiger partial charge on any atom is -0.456 e. The predicted octanol–water partition coefficient (Wildman–Crippen LogP) is 3.97. The molecule has 5 heteroatoms. The summed E-state index contributed by atoms with van der Waals surface area (Å²) in [6, 6.07) is 13.9. The summed E-state index contributed by atoms with van der Waals surface area (Å²) in [6.45, 7) is 0. The Morgan fingerprint density at radius 3 is 2.71 bits per heavy atom. The van der Waals surface area contributed by atoms with Crippen molar-refractivity contribution in [3.8, 4) is 0 Å². The van der Waals surface area contributed by atoms with Crippen LogP contribution in [-0.2, 0) is 6.42 Å². The number of fused-ring (bicyclic) bond motifs is 1. The van der Waals surface area contributed by atoms with Crippen LogP contribution in [0.1, 0.15) is 17.4 Å². The lowest BCUT2D eigenvalue weighted by atomic mass is 10.0. The first kappa shape index (κ1) is 14.1. The van der Waals surface area contributed by atoms with Crippen LogP contribution in [-0.4, -0.2) is 0 Å². The van der Waals surface area contributed by atoms with Gasteiger partial charge in [0.25, 0.3) is 0 Å². The van der Waals surface area contributed by atoms with E-state index in [1.807, 2.05) is 24.3 Å². The van der Waals surface area contributed by atoms with Crippen LogP contribution in [0, 0.1) is 5.82 Å². The third-order valence-electron chi connectivity index (χ3n) is 3.39. The molecule has 0 saturated heterocycles. The molecule has 21 heavy (non-hydrogen) atoms. The summed E-state index contributed by atoms with van der Waals surface area (Å²) >= 11 is 5.98. The standard InChI is InChI=1S/C16H14ClFN2O/c17-12-5-1-3-10(7-12)8-14(20-19)15-9-11-4-2-6-13(18)16(11)21-15/h1-7,9,14,20H,8,19H2. The van der Waals surface area contributed by atoms with E-state index in [1.54, 1.807) is 18.2 Å². The first-order valence-electron chi connectivity index (χ1n) is 6.56. The van der Waals surface area contributed by atoms with E-state index in [1.165, 1.54) is 6.07 Å². The Morgan fingerprint density at radius 2 is 2.00 bits per heavy atom. The molecule has 2 aromatic carbocycles. The normalized spacial score (nSPS) is 12.7. The summed E-state index contributed by atoms with van der Waals surface area (Å²) in [5.41, 5.74) is 3.98. The Kier molecular flexibility index (Phi) is 3.92. The maximum atomic E-state index is 13.7. The molecule has 1 unspecified atom stereocenters. The second kappa shape index (κ2) is 5.85. The van der Waals surface area contributed by atoms with Gasteiger partial charge < -0.3 is 4.42 Å². The Bertz CT molecular complexity index is 772. The highest BCUT2D eigenvalue weighted by atomic mass is 35.5. The second-order valence-electron chi connectivity index (χ2n) is 4.86. The number of hydrazine groups is 1. The number of halogens is 2. The molecule has 0 spiro atoms. The third kappa shape index (κ3) is 2.93. The van der Waals surface area contributed by atoms with E-state index in [4.69, 9.17) is 21.9 Å². The zero-order valence-corrected chi connectivity index (χ0v) is 11.9. The first-order valence-corrected chi connectivity index (χ1v) is 6.93. The number of nitrogens with two attached hydrogens (primary N) is 1. The molecular weight excluding hydrogens is 291 g/mol. The first-order chi connectivity index (χ1) is 10.2.